The number of likely N-dealkylation sites (tertiary alicyclic amines) is 1. The maximum absolute atomic E-state index is 13.5. The molecule has 5 heterocycles. The first-order chi connectivity index (χ1) is 18.6. The standard InChI is InChI=1S/C26H28F3N7O2S/c1-24(15-38-16-24)35-8-5-25(11-19(25)14-35)33-21-20-10-17(23(39-26(27,28)29)36(20)9-7-30-21)4-3-6-31-22(37)18-12-32-34(2)13-18/h7,9-10,12-13,19H,5-6,8,11,14-16H2,1-2H3,(H,30,33)(H,31,37). The summed E-state index contributed by atoms with van der Waals surface area (Å²) in [6.07, 6.45) is 7.96. The van der Waals surface area contributed by atoms with Crippen LogP contribution >= 0.6 is 11.8 Å². The van der Waals surface area contributed by atoms with Crippen LogP contribution < -0.4 is 10.6 Å². The van der Waals surface area contributed by atoms with E-state index in [2.05, 4.69) is 44.4 Å². The van der Waals surface area contributed by atoms with E-state index in [1.807, 2.05) is 0 Å². The minimum atomic E-state index is -4.50. The first-order valence-corrected chi connectivity index (χ1v) is 13.5. The summed E-state index contributed by atoms with van der Waals surface area (Å²) in [5, 5.41) is 10.2. The molecule has 1 saturated carbocycles. The van der Waals surface area contributed by atoms with Crippen LogP contribution in [-0.2, 0) is 11.8 Å². The SMILES string of the molecule is Cn1cc(C(=O)NCC#Cc2cc3c(NC45CCN(C6(C)COC6)CC4C5)nccn3c2SC(F)(F)F)cn1. The Balaban J connectivity index is 1.22. The molecular formula is C26H28F3N7O2S. The largest absolute Gasteiger partial charge is 0.447 e. The zero-order chi connectivity index (χ0) is 27.4. The summed E-state index contributed by atoms with van der Waals surface area (Å²) in [7, 11) is 1.70. The molecule has 2 N–H and O–H groups in total. The molecule has 0 bridgehead atoms. The molecule has 0 aromatic carbocycles. The van der Waals surface area contributed by atoms with E-state index in [4.69, 9.17) is 4.74 Å². The molecule has 2 aliphatic heterocycles. The van der Waals surface area contributed by atoms with Crippen molar-refractivity contribution in [2.45, 2.75) is 41.4 Å². The highest BCUT2D eigenvalue weighted by atomic mass is 32.2. The summed E-state index contributed by atoms with van der Waals surface area (Å²) in [5.41, 5.74) is -3.36. The predicted molar refractivity (Wildman–Crippen MR) is 139 cm³/mol. The minimum Gasteiger partial charge on any atom is -0.377 e. The number of thioether (sulfide) groups is 1. The number of piperidine rings is 1. The average Bonchev–Trinajstić information content (AvgIpc) is 3.22. The molecule has 3 aromatic rings. The molecule has 2 unspecified atom stereocenters. The fourth-order valence-corrected chi connectivity index (χ4v) is 6.22. The fourth-order valence-electron chi connectivity index (χ4n) is 5.52. The highest BCUT2D eigenvalue weighted by Gasteiger charge is 2.59. The second-order valence-corrected chi connectivity index (χ2v) is 11.8. The molecule has 9 nitrogen and oxygen atoms in total. The Hall–Kier alpha value is -3.21. The van der Waals surface area contributed by atoms with E-state index < -0.39 is 5.51 Å². The van der Waals surface area contributed by atoms with Crippen molar-refractivity contribution in [3.63, 3.8) is 0 Å². The molecule has 0 radical (unpaired) electrons. The normalized spacial score (nSPS) is 23.9. The van der Waals surface area contributed by atoms with Gasteiger partial charge in [-0.2, -0.15) is 18.3 Å². The van der Waals surface area contributed by atoms with Crippen LogP contribution in [0.5, 0.6) is 0 Å². The van der Waals surface area contributed by atoms with Crippen molar-refractivity contribution in [3.05, 3.63) is 42.0 Å². The summed E-state index contributed by atoms with van der Waals surface area (Å²) in [4.78, 5) is 19.2. The first-order valence-electron chi connectivity index (χ1n) is 12.7. The Kier molecular flexibility index (Phi) is 6.32. The Morgan fingerprint density at radius 3 is 2.85 bits per heavy atom. The number of halogens is 3. The summed E-state index contributed by atoms with van der Waals surface area (Å²) < 4.78 is 49.0. The van der Waals surface area contributed by atoms with Crippen molar-refractivity contribution in [3.8, 4) is 11.8 Å². The average molecular weight is 560 g/mol. The van der Waals surface area contributed by atoms with Gasteiger partial charge in [-0.25, -0.2) is 4.98 Å². The number of nitrogens with zero attached hydrogens (tertiary/aromatic N) is 5. The second kappa shape index (κ2) is 9.46. The number of nitrogens with one attached hydrogen (secondary N) is 2. The number of aryl methyl sites for hydroxylation is 1. The van der Waals surface area contributed by atoms with E-state index in [-0.39, 0.29) is 45.9 Å². The third-order valence-electron chi connectivity index (χ3n) is 7.85. The maximum Gasteiger partial charge on any atom is 0.447 e. The Bertz CT molecular complexity index is 1490. The molecule has 2 atom stereocenters. The molecule has 3 aromatic heterocycles. The van der Waals surface area contributed by atoms with E-state index >= 15 is 0 Å². The van der Waals surface area contributed by atoms with Crippen LogP contribution in [0.4, 0.5) is 19.0 Å². The highest BCUT2D eigenvalue weighted by molar-refractivity contribution is 8.00. The van der Waals surface area contributed by atoms with Gasteiger partial charge in [-0.1, -0.05) is 11.8 Å². The van der Waals surface area contributed by atoms with E-state index in [0.29, 0.717) is 22.8 Å². The van der Waals surface area contributed by atoms with Crippen molar-refractivity contribution < 1.29 is 22.7 Å². The maximum atomic E-state index is 13.5. The third kappa shape index (κ3) is 5.08. The lowest BCUT2D eigenvalue weighted by atomic mass is 9.93. The lowest BCUT2D eigenvalue weighted by Crippen LogP contribution is -2.62. The number of rotatable bonds is 6. The second-order valence-electron chi connectivity index (χ2n) is 10.7. The number of alkyl halides is 3. The Morgan fingerprint density at radius 1 is 1.36 bits per heavy atom. The molecule has 3 fully saturated rings. The molecular weight excluding hydrogens is 531 g/mol. The van der Waals surface area contributed by atoms with Crippen LogP contribution in [0.1, 0.15) is 35.7 Å². The lowest BCUT2D eigenvalue weighted by Gasteiger charge is -2.49. The van der Waals surface area contributed by atoms with Crippen LogP contribution in [0, 0.1) is 17.8 Å². The van der Waals surface area contributed by atoms with Crippen molar-refractivity contribution in [1.29, 1.82) is 0 Å². The Labute approximate surface area is 227 Å². The minimum absolute atomic E-state index is 0.0232. The smallest absolute Gasteiger partial charge is 0.377 e. The molecule has 39 heavy (non-hydrogen) atoms. The molecule has 3 aliphatic rings. The number of amides is 1. The molecule has 13 heteroatoms. The van der Waals surface area contributed by atoms with Crippen LogP contribution in [0.15, 0.2) is 35.9 Å². The van der Waals surface area contributed by atoms with Gasteiger partial charge in [-0.15, -0.1) is 0 Å². The highest BCUT2D eigenvalue weighted by Crippen LogP contribution is 2.53. The van der Waals surface area contributed by atoms with Gasteiger partial charge in [0.05, 0.1) is 48.1 Å². The van der Waals surface area contributed by atoms with Crippen LogP contribution in [0.25, 0.3) is 5.52 Å². The van der Waals surface area contributed by atoms with Gasteiger partial charge in [0.25, 0.3) is 5.91 Å². The van der Waals surface area contributed by atoms with Crippen LogP contribution in [-0.4, -0.2) is 79.4 Å². The van der Waals surface area contributed by atoms with E-state index in [1.165, 1.54) is 27.7 Å². The number of aromatic nitrogens is 4. The zero-order valence-electron chi connectivity index (χ0n) is 21.5. The molecule has 2 saturated heterocycles. The molecule has 6 rings (SSSR count). The lowest BCUT2D eigenvalue weighted by molar-refractivity contribution is -0.136. The number of anilines is 1. The number of fused-ring (bicyclic) bond motifs is 2. The quantitative estimate of drug-likeness (QED) is 0.355. The topological polar surface area (TPSA) is 88.7 Å². The van der Waals surface area contributed by atoms with E-state index in [1.54, 1.807) is 19.3 Å². The van der Waals surface area contributed by atoms with E-state index in [0.717, 1.165) is 39.1 Å². The molecule has 206 valence electrons. The van der Waals surface area contributed by atoms with Gasteiger partial charge in [-0.05, 0) is 31.7 Å². The van der Waals surface area contributed by atoms with Gasteiger partial charge in [0.15, 0.2) is 5.82 Å². The third-order valence-corrected chi connectivity index (χ3v) is 8.69. The Morgan fingerprint density at radius 2 is 2.18 bits per heavy atom. The summed E-state index contributed by atoms with van der Waals surface area (Å²) in [5.74, 6) is 6.25. The van der Waals surface area contributed by atoms with Gasteiger partial charge >= 0.3 is 5.51 Å². The zero-order valence-corrected chi connectivity index (χ0v) is 22.3. The molecule has 1 amide bonds. The van der Waals surface area contributed by atoms with Crippen molar-refractivity contribution in [2.24, 2.45) is 13.0 Å². The van der Waals surface area contributed by atoms with Gasteiger partial charge < -0.3 is 19.8 Å². The van der Waals surface area contributed by atoms with Gasteiger partial charge in [0, 0.05) is 56.0 Å². The van der Waals surface area contributed by atoms with Gasteiger partial charge in [0.1, 0.15) is 5.03 Å². The van der Waals surface area contributed by atoms with Gasteiger partial charge in [0.2, 0.25) is 0 Å². The van der Waals surface area contributed by atoms with Gasteiger partial charge in [-0.3, -0.25) is 14.4 Å². The fraction of sp³-hybridized carbons (Fsp3) is 0.500. The van der Waals surface area contributed by atoms with Crippen molar-refractivity contribution in [1.82, 2.24) is 29.4 Å². The number of carbonyl (C=O) groups excluding carboxylic acids is 1. The number of carbonyl (C=O) groups is 1. The predicted octanol–water partition coefficient (Wildman–Crippen LogP) is 3.13. The summed E-state index contributed by atoms with van der Waals surface area (Å²) in [6, 6.07) is 1.63. The number of hydrogen-bond acceptors (Lipinski definition) is 7. The molecule has 0 spiro atoms. The van der Waals surface area contributed by atoms with Crippen LogP contribution in [0.3, 0.4) is 0 Å². The van der Waals surface area contributed by atoms with Crippen LogP contribution in [0.2, 0.25) is 0 Å². The first kappa shape index (κ1) is 26.0. The monoisotopic (exact) mass is 559 g/mol. The summed E-state index contributed by atoms with van der Waals surface area (Å²) in [6.45, 7) is 5.61. The summed E-state index contributed by atoms with van der Waals surface area (Å²) >= 11 is -0.208. The van der Waals surface area contributed by atoms with E-state index in [9.17, 15) is 18.0 Å². The van der Waals surface area contributed by atoms with Crippen molar-refractivity contribution in [2.75, 3.05) is 38.2 Å². The van der Waals surface area contributed by atoms with Crippen molar-refractivity contribution >= 4 is 29.0 Å². The number of hydrogen-bond donors (Lipinski definition) is 2. The molecule has 1 aliphatic carbocycles. The number of ether oxygens (including phenoxy) is 1.